The maximum absolute atomic E-state index is 12.8. The van der Waals surface area contributed by atoms with Gasteiger partial charge in [0, 0.05) is 6.04 Å². The van der Waals surface area contributed by atoms with Crippen LogP contribution < -0.4 is 5.32 Å². The summed E-state index contributed by atoms with van der Waals surface area (Å²) in [5.74, 6) is -0.635. The first-order chi connectivity index (χ1) is 16.3. The van der Waals surface area contributed by atoms with E-state index < -0.39 is 23.7 Å². The Kier molecular flexibility index (Phi) is 9.20. The number of benzene rings is 3. The molecule has 0 aliphatic carbocycles. The van der Waals surface area contributed by atoms with Gasteiger partial charge in [0.2, 0.25) is 0 Å². The van der Waals surface area contributed by atoms with E-state index in [9.17, 15) is 9.90 Å². The Morgan fingerprint density at radius 2 is 1.41 bits per heavy atom. The molecule has 3 aromatic rings. The number of aliphatic hydroxyl groups is 1. The summed E-state index contributed by atoms with van der Waals surface area (Å²) in [4.78, 5) is 12.8. The van der Waals surface area contributed by atoms with E-state index in [0.717, 1.165) is 29.5 Å². The predicted octanol–water partition coefficient (Wildman–Crippen LogP) is 6.25. The monoisotopic (exact) mass is 457 g/mol. The first-order valence-corrected chi connectivity index (χ1v) is 11.8. The molecule has 3 rings (SSSR count). The lowest BCUT2D eigenvalue weighted by molar-refractivity contribution is -0.167. The summed E-state index contributed by atoms with van der Waals surface area (Å²) in [6.07, 6.45) is 4.58. The maximum Gasteiger partial charge on any atom is 0.337 e. The summed E-state index contributed by atoms with van der Waals surface area (Å²) in [6.45, 7) is 5.40. The van der Waals surface area contributed by atoms with Gasteiger partial charge in [0.25, 0.3) is 0 Å². The van der Waals surface area contributed by atoms with Gasteiger partial charge >= 0.3 is 5.97 Å². The molecule has 3 atom stereocenters. The molecule has 4 heteroatoms. The number of hydrogen-bond donors (Lipinski definition) is 2. The molecule has 3 unspecified atom stereocenters. The van der Waals surface area contributed by atoms with Gasteiger partial charge in [0.1, 0.15) is 5.60 Å². The molecule has 0 fully saturated rings. The van der Waals surface area contributed by atoms with Gasteiger partial charge in [-0.15, -0.1) is 0 Å². The van der Waals surface area contributed by atoms with Crippen LogP contribution in [0.25, 0.3) is 6.08 Å². The number of nitrogens with one attached hydrogen (secondary N) is 1. The summed E-state index contributed by atoms with van der Waals surface area (Å²) >= 11 is 0. The Morgan fingerprint density at radius 3 is 1.97 bits per heavy atom. The third kappa shape index (κ3) is 7.98. The van der Waals surface area contributed by atoms with Crippen molar-refractivity contribution in [2.75, 3.05) is 0 Å². The Hall–Kier alpha value is -3.21. The lowest BCUT2D eigenvalue weighted by Crippen LogP contribution is -2.42. The fourth-order valence-electron chi connectivity index (χ4n) is 3.82. The van der Waals surface area contributed by atoms with Crippen molar-refractivity contribution in [2.24, 2.45) is 0 Å². The molecule has 3 aromatic carbocycles. The van der Waals surface area contributed by atoms with Crippen molar-refractivity contribution in [3.8, 4) is 0 Å². The second-order valence-corrected chi connectivity index (χ2v) is 9.39. The average Bonchev–Trinajstić information content (AvgIpc) is 2.84. The Labute approximate surface area is 203 Å². The second kappa shape index (κ2) is 12.3. The van der Waals surface area contributed by atoms with Gasteiger partial charge in [-0.2, -0.15) is 0 Å². The summed E-state index contributed by atoms with van der Waals surface area (Å²) in [7, 11) is 0. The summed E-state index contributed by atoms with van der Waals surface area (Å²) < 4.78 is 5.50. The molecule has 0 amide bonds. The second-order valence-electron chi connectivity index (χ2n) is 9.39. The van der Waals surface area contributed by atoms with Crippen molar-refractivity contribution in [1.29, 1.82) is 0 Å². The average molecular weight is 458 g/mol. The molecule has 0 bridgehead atoms. The van der Waals surface area contributed by atoms with Crippen LogP contribution in [0.2, 0.25) is 0 Å². The van der Waals surface area contributed by atoms with Crippen molar-refractivity contribution >= 4 is 12.0 Å². The number of hydrogen-bond acceptors (Lipinski definition) is 4. The van der Waals surface area contributed by atoms with Crippen LogP contribution in [-0.4, -0.2) is 22.8 Å². The van der Waals surface area contributed by atoms with Crippen LogP contribution in [0, 0.1) is 0 Å². The van der Waals surface area contributed by atoms with Gasteiger partial charge in [-0.3, -0.25) is 0 Å². The highest BCUT2D eigenvalue weighted by molar-refractivity contribution is 5.76. The van der Waals surface area contributed by atoms with Gasteiger partial charge in [-0.25, -0.2) is 4.79 Å². The van der Waals surface area contributed by atoms with Crippen LogP contribution in [-0.2, 0) is 9.53 Å². The first kappa shape index (κ1) is 25.4. The number of carbonyl (C=O) groups is 1. The molecule has 0 aliphatic heterocycles. The summed E-state index contributed by atoms with van der Waals surface area (Å²) in [5, 5.41) is 14.6. The normalized spacial score (nSPS) is 14.5. The molecule has 2 N–H and O–H groups in total. The Morgan fingerprint density at radius 1 is 0.882 bits per heavy atom. The molecule has 0 radical (unpaired) electrons. The molecular formula is C30H35NO3. The lowest BCUT2D eigenvalue weighted by atomic mass is 9.95. The number of esters is 1. The third-order valence-corrected chi connectivity index (χ3v) is 5.44. The molecule has 34 heavy (non-hydrogen) atoms. The lowest BCUT2D eigenvalue weighted by Gasteiger charge is -2.31. The highest BCUT2D eigenvalue weighted by Crippen LogP contribution is 2.27. The topological polar surface area (TPSA) is 58.6 Å². The van der Waals surface area contributed by atoms with E-state index >= 15 is 0 Å². The Bertz CT molecular complexity index is 1030. The molecular weight excluding hydrogens is 422 g/mol. The fraction of sp³-hybridized carbons (Fsp3) is 0.300. The van der Waals surface area contributed by atoms with Crippen LogP contribution in [0.5, 0.6) is 0 Å². The predicted molar refractivity (Wildman–Crippen MR) is 138 cm³/mol. The number of ether oxygens (including phenoxy) is 1. The number of carbonyl (C=O) groups excluding carboxylic acids is 1. The van der Waals surface area contributed by atoms with E-state index in [4.69, 9.17) is 4.74 Å². The van der Waals surface area contributed by atoms with E-state index in [1.165, 1.54) is 0 Å². The smallest absolute Gasteiger partial charge is 0.337 e. The quantitative estimate of drug-likeness (QED) is 0.353. The van der Waals surface area contributed by atoms with E-state index in [1.54, 1.807) is 20.8 Å². The molecule has 0 heterocycles. The minimum Gasteiger partial charge on any atom is -0.458 e. The highest BCUT2D eigenvalue weighted by Gasteiger charge is 2.33. The highest BCUT2D eigenvalue weighted by atomic mass is 16.6. The zero-order chi connectivity index (χ0) is 24.4. The zero-order valence-electron chi connectivity index (χ0n) is 20.2. The number of aliphatic hydroxyl groups excluding tert-OH is 1. The molecule has 0 aliphatic rings. The van der Waals surface area contributed by atoms with Gasteiger partial charge in [-0.05, 0) is 50.3 Å². The maximum atomic E-state index is 12.8. The Balaban J connectivity index is 1.82. The van der Waals surface area contributed by atoms with E-state index in [0.29, 0.717) is 0 Å². The molecule has 178 valence electrons. The molecule has 0 spiro atoms. The van der Waals surface area contributed by atoms with Gasteiger partial charge in [0.05, 0.1) is 6.04 Å². The van der Waals surface area contributed by atoms with Crippen LogP contribution in [0.15, 0.2) is 97.1 Å². The van der Waals surface area contributed by atoms with Crippen molar-refractivity contribution < 1.29 is 14.6 Å². The van der Waals surface area contributed by atoms with Crippen molar-refractivity contribution in [2.45, 2.75) is 57.4 Å². The van der Waals surface area contributed by atoms with Crippen molar-refractivity contribution in [1.82, 2.24) is 5.32 Å². The van der Waals surface area contributed by atoms with Gasteiger partial charge < -0.3 is 15.2 Å². The molecule has 0 saturated heterocycles. The third-order valence-electron chi connectivity index (χ3n) is 5.44. The van der Waals surface area contributed by atoms with Crippen molar-refractivity contribution in [3.05, 3.63) is 114 Å². The SMILES string of the molecule is CC(C)(C)OC(=O)C(O)C(NC(CC/C=C/c1ccccc1)c1ccccc1)c1ccccc1. The zero-order valence-corrected chi connectivity index (χ0v) is 20.2. The van der Waals surface area contributed by atoms with E-state index in [2.05, 4.69) is 41.7 Å². The molecule has 0 saturated carbocycles. The van der Waals surface area contributed by atoms with Crippen LogP contribution in [0.4, 0.5) is 0 Å². The minimum absolute atomic E-state index is 0.0658. The molecule has 0 aromatic heterocycles. The minimum atomic E-state index is -1.34. The van der Waals surface area contributed by atoms with Gasteiger partial charge in [-0.1, -0.05) is 103 Å². The van der Waals surface area contributed by atoms with Gasteiger partial charge in [0.15, 0.2) is 6.10 Å². The van der Waals surface area contributed by atoms with E-state index in [1.807, 2.05) is 66.7 Å². The molecule has 4 nitrogen and oxygen atoms in total. The fourth-order valence-corrected chi connectivity index (χ4v) is 3.82. The van der Waals surface area contributed by atoms with Crippen LogP contribution in [0.3, 0.4) is 0 Å². The summed E-state index contributed by atoms with van der Waals surface area (Å²) in [6, 6.07) is 29.2. The van der Waals surface area contributed by atoms with Crippen LogP contribution >= 0.6 is 0 Å². The van der Waals surface area contributed by atoms with E-state index in [-0.39, 0.29) is 6.04 Å². The number of allylic oxidation sites excluding steroid dienone is 1. The first-order valence-electron chi connectivity index (χ1n) is 11.8. The van der Waals surface area contributed by atoms with Crippen molar-refractivity contribution in [3.63, 3.8) is 0 Å². The summed E-state index contributed by atoms with van der Waals surface area (Å²) in [5.41, 5.74) is 2.42. The number of rotatable bonds is 10. The standard InChI is InChI=1S/C30H35NO3/c1-30(2,3)34-29(33)28(32)27(25-20-11-6-12-21-25)31-26(24-18-9-5-10-19-24)22-14-13-17-23-15-7-4-8-16-23/h4-13,15-21,26-28,31-32H,14,22H2,1-3H3/b17-13+. The largest absolute Gasteiger partial charge is 0.458 e. The van der Waals surface area contributed by atoms with Crippen LogP contribution in [0.1, 0.15) is 62.4 Å².